The van der Waals surface area contributed by atoms with Crippen molar-refractivity contribution in [2.45, 2.75) is 75.8 Å². The summed E-state index contributed by atoms with van der Waals surface area (Å²) in [5.74, 6) is -2.08. The van der Waals surface area contributed by atoms with Crippen LogP contribution in [0.3, 0.4) is 0 Å². The largest absolute Gasteiger partial charge is 0.510 e. The van der Waals surface area contributed by atoms with Crippen LogP contribution in [0.1, 0.15) is 64.9 Å². The maximum Gasteiger partial charge on any atom is 0.510 e. The predicted octanol–water partition coefficient (Wildman–Crippen LogP) is 6.36. The van der Waals surface area contributed by atoms with Crippen molar-refractivity contribution in [3.8, 4) is 34.8 Å². The van der Waals surface area contributed by atoms with Crippen LogP contribution in [0.5, 0.6) is 23.1 Å². The molecule has 0 aliphatic carbocycles. The smallest absolute Gasteiger partial charge is 0.493 e. The number of nitrogens with zero attached hydrogens (tertiary/aromatic N) is 8. The Morgan fingerprint density at radius 1 is 0.632 bits per heavy atom. The Morgan fingerprint density at radius 3 is 1.67 bits per heavy atom. The normalized spacial score (nSPS) is 11.4. The maximum atomic E-state index is 15.3. The van der Waals surface area contributed by atoms with E-state index in [1.165, 1.54) is 68.9 Å². The molecule has 0 radical (unpaired) electrons. The Balaban J connectivity index is 1.76. The number of ether oxygens (including phenoxy) is 9. The molecule has 0 aliphatic heterocycles. The molecule has 2 heterocycles. The number of hydrogen-bond donors (Lipinski definition) is 0. The van der Waals surface area contributed by atoms with Gasteiger partial charge in [0.1, 0.15) is 19.8 Å². The molecular formula is C44H54N8O23S. The summed E-state index contributed by atoms with van der Waals surface area (Å²) in [4.78, 5) is 99.1. The van der Waals surface area contributed by atoms with Crippen molar-refractivity contribution in [2.75, 3.05) is 70.9 Å². The van der Waals surface area contributed by atoms with Crippen molar-refractivity contribution in [3.05, 3.63) is 103 Å². The molecule has 0 aliphatic rings. The molecule has 0 spiro atoms. The highest BCUT2D eigenvalue weighted by molar-refractivity contribution is 7.92. The summed E-state index contributed by atoms with van der Waals surface area (Å²) in [6, 6.07) is 13.0. The Kier molecular flexibility index (Phi) is 23.9. The molecule has 32 heteroatoms. The van der Waals surface area contributed by atoms with E-state index in [0.29, 0.717) is 9.87 Å². The second kappa shape index (κ2) is 30.4. The molecule has 31 nitrogen and oxygen atoms in total. The number of anilines is 1. The van der Waals surface area contributed by atoms with Crippen molar-refractivity contribution in [2.24, 2.45) is 0 Å². The van der Waals surface area contributed by atoms with Gasteiger partial charge in [0, 0.05) is 17.8 Å². The monoisotopic (exact) mass is 1090 g/mol. The van der Waals surface area contributed by atoms with E-state index in [4.69, 9.17) is 42.6 Å². The van der Waals surface area contributed by atoms with Crippen molar-refractivity contribution >= 4 is 34.3 Å². The van der Waals surface area contributed by atoms with Crippen LogP contribution >= 0.6 is 0 Å². The van der Waals surface area contributed by atoms with Gasteiger partial charge in [-0.3, -0.25) is 0 Å². The molecule has 4 aromatic rings. The fourth-order valence-corrected chi connectivity index (χ4v) is 7.63. The summed E-state index contributed by atoms with van der Waals surface area (Å²) in [7, 11) is -3.67. The zero-order valence-corrected chi connectivity index (χ0v) is 42.2. The molecule has 1 atom stereocenters. The van der Waals surface area contributed by atoms with Gasteiger partial charge in [-0.05, 0) is 81.3 Å². The fraction of sp³-hybridized carbons (Fsp3) is 0.477. The number of unbranched alkanes of at least 4 members (excludes halogenated alkanes) is 3. The third kappa shape index (κ3) is 19.9. The minimum atomic E-state index is -5.01. The van der Waals surface area contributed by atoms with Gasteiger partial charge in [0.2, 0.25) is 11.6 Å². The lowest BCUT2D eigenvalue weighted by Gasteiger charge is -2.31. The van der Waals surface area contributed by atoms with Gasteiger partial charge in [-0.15, -0.1) is 30.3 Å². The summed E-state index contributed by atoms with van der Waals surface area (Å²) in [6.07, 6.45) is -1.59. The van der Waals surface area contributed by atoms with Crippen LogP contribution in [0, 0.1) is 30.3 Å². The van der Waals surface area contributed by atoms with Gasteiger partial charge in [-0.2, -0.15) is 4.98 Å². The van der Waals surface area contributed by atoms with E-state index in [9.17, 15) is 44.7 Å². The minimum absolute atomic E-state index is 0.0294. The third-order valence-corrected chi connectivity index (χ3v) is 11.7. The topological polar surface area (TPSA) is 380 Å². The quantitative estimate of drug-likeness (QED) is 0.0123. The summed E-state index contributed by atoms with van der Waals surface area (Å²) >= 11 is 0. The van der Waals surface area contributed by atoms with E-state index >= 15 is 8.42 Å². The lowest BCUT2D eigenvalue weighted by Crippen LogP contribution is -2.42. The zero-order chi connectivity index (χ0) is 55.5. The van der Waals surface area contributed by atoms with Crippen LogP contribution in [0.25, 0.3) is 11.6 Å². The first kappa shape index (κ1) is 59.7. The van der Waals surface area contributed by atoms with E-state index < -0.39 is 90.9 Å². The van der Waals surface area contributed by atoms with E-state index in [-0.39, 0.29) is 108 Å². The van der Waals surface area contributed by atoms with Crippen LogP contribution in [0.15, 0.2) is 71.9 Å². The van der Waals surface area contributed by atoms with Crippen LogP contribution in [0.4, 0.5) is 20.2 Å². The third-order valence-electron chi connectivity index (χ3n) is 9.82. The van der Waals surface area contributed by atoms with Crippen LogP contribution < -0.4 is 18.5 Å². The highest BCUT2D eigenvalue weighted by Crippen LogP contribution is 2.44. The number of para-hydroxylation sites is 2. The highest BCUT2D eigenvalue weighted by Gasteiger charge is 2.39. The second-order valence-electron chi connectivity index (χ2n) is 15.8. The summed E-state index contributed by atoms with van der Waals surface area (Å²) in [6.45, 7) is 2.09. The first-order valence-electron chi connectivity index (χ1n) is 22.8. The average Bonchev–Trinajstić information content (AvgIpc) is 3.40. The number of sulfonamides is 1. The SMILES string of the molecule is COc1ccccc1Oc1c(OCCOC(=O)OCCCCO[N+](=O)[O-])nc(-c2ncccn2)nc1N(C(C)OC(=O)OCCCCO[N+](=O)[O-])S(=O)(=O)c1ccc(C(C)(C)COC(=O)OCCCCO[N+](=O)[O-])cc1. The lowest BCUT2D eigenvalue weighted by molar-refractivity contribution is -0.757. The second-order valence-corrected chi connectivity index (χ2v) is 17.6. The number of aromatic nitrogens is 4. The van der Waals surface area contributed by atoms with Crippen LogP contribution in [0.2, 0.25) is 0 Å². The van der Waals surface area contributed by atoms with Gasteiger partial charge >= 0.3 is 18.5 Å². The fourth-order valence-electron chi connectivity index (χ4n) is 6.14. The van der Waals surface area contributed by atoms with E-state index in [1.807, 2.05) is 0 Å². The number of carbonyl (C=O) groups excluding carboxylic acids is 3. The molecule has 0 amide bonds. The average molecular weight is 1100 g/mol. The molecular weight excluding hydrogens is 1040 g/mol. The molecule has 0 fully saturated rings. The van der Waals surface area contributed by atoms with Gasteiger partial charge in [0.05, 0.1) is 51.6 Å². The predicted molar refractivity (Wildman–Crippen MR) is 254 cm³/mol. The van der Waals surface area contributed by atoms with E-state index in [2.05, 4.69) is 34.4 Å². The zero-order valence-electron chi connectivity index (χ0n) is 41.4. The molecule has 414 valence electrons. The van der Waals surface area contributed by atoms with Crippen molar-refractivity contribution in [1.82, 2.24) is 19.9 Å². The Bertz CT molecular complexity index is 2650. The van der Waals surface area contributed by atoms with Gasteiger partial charge in [0.15, 0.2) is 29.4 Å². The lowest BCUT2D eigenvalue weighted by atomic mass is 9.86. The molecule has 1 unspecified atom stereocenters. The Morgan fingerprint density at radius 2 is 1.13 bits per heavy atom. The summed E-state index contributed by atoms with van der Waals surface area (Å²) in [5.41, 5.74) is -0.472. The van der Waals surface area contributed by atoms with Crippen molar-refractivity contribution in [3.63, 3.8) is 0 Å². The maximum absolute atomic E-state index is 15.3. The molecule has 76 heavy (non-hydrogen) atoms. The minimum Gasteiger partial charge on any atom is -0.493 e. The molecule has 4 rings (SSSR count). The molecule has 2 aromatic carbocycles. The first-order valence-corrected chi connectivity index (χ1v) is 24.3. The Hall–Kier alpha value is -8.84. The van der Waals surface area contributed by atoms with Gasteiger partial charge < -0.3 is 57.1 Å². The number of hydrogen-bond acceptors (Lipinski definition) is 27. The van der Waals surface area contributed by atoms with Gasteiger partial charge in [-0.25, -0.2) is 42.1 Å². The number of carbonyl (C=O) groups is 3. The molecule has 0 saturated heterocycles. The number of methoxy groups -OCH3 is 1. The number of rotatable bonds is 34. The first-order chi connectivity index (χ1) is 36.3. The molecule has 0 N–H and O–H groups in total. The van der Waals surface area contributed by atoms with Crippen LogP contribution in [-0.4, -0.2) is 135 Å². The number of benzene rings is 2. The van der Waals surface area contributed by atoms with Crippen molar-refractivity contribution in [1.29, 1.82) is 0 Å². The van der Waals surface area contributed by atoms with Gasteiger partial charge in [0.25, 0.3) is 31.2 Å². The van der Waals surface area contributed by atoms with E-state index in [0.717, 1.165) is 0 Å². The molecule has 0 bridgehead atoms. The molecule has 0 saturated carbocycles. The standard InChI is InChI=1S/C44H54N8O23S/c1-31(74-43(55)68-24-9-12-27-73-52(60)61)49(76(62,63)33-18-16-32(17-19-33)44(2,3)30-70-42(54)67-23-8-11-26-72-51(58)59)39-36(75-35-15-6-5-14-34(35)64-4)40(48-38(47-39)37-45-20-13-21-46-37)65-28-29-69-41(53)66-22-7-10-25-71-50(56)57/h5-6,13-21,31H,7-12,22-30H2,1-4H3. The van der Waals surface area contributed by atoms with E-state index in [1.54, 1.807) is 26.0 Å². The Labute approximate surface area is 432 Å². The van der Waals surface area contributed by atoms with Gasteiger partial charge in [-0.1, -0.05) is 38.1 Å². The summed E-state index contributed by atoms with van der Waals surface area (Å²) in [5, 5.41) is 28.4. The molecule has 2 aromatic heterocycles. The van der Waals surface area contributed by atoms with Crippen LogP contribution in [-0.2, 0) is 58.4 Å². The van der Waals surface area contributed by atoms with Crippen molar-refractivity contribution < 1.29 is 95.2 Å². The highest BCUT2D eigenvalue weighted by atomic mass is 32.2. The summed E-state index contributed by atoms with van der Waals surface area (Å²) < 4.78 is 80.3.